The van der Waals surface area contributed by atoms with Crippen LogP contribution in [0.2, 0.25) is 0 Å². The first kappa shape index (κ1) is 15.2. The fourth-order valence-electron chi connectivity index (χ4n) is 1.62. The number of benzene rings is 1. The molecule has 1 rings (SSSR count). The van der Waals surface area contributed by atoms with Gasteiger partial charge in [-0.2, -0.15) is 0 Å². The number of sulfone groups is 1. The highest BCUT2D eigenvalue weighted by molar-refractivity contribution is 7.91. The molecule has 0 aliphatic carbocycles. The molecule has 0 aliphatic rings. The molecule has 1 aromatic carbocycles. The molecule has 0 aliphatic heterocycles. The van der Waals surface area contributed by atoms with E-state index in [1.807, 2.05) is 24.3 Å². The maximum atomic E-state index is 11.9. The number of rotatable bonds is 4. The Labute approximate surface area is 110 Å². The average molecular weight is 269 g/mol. The number of nitrogens with two attached hydrogens (primary N) is 1. The van der Waals surface area contributed by atoms with E-state index in [0.29, 0.717) is 0 Å². The van der Waals surface area contributed by atoms with Crippen molar-refractivity contribution in [1.29, 1.82) is 0 Å². The summed E-state index contributed by atoms with van der Waals surface area (Å²) in [5, 5.41) is -0.486. The highest BCUT2D eigenvalue weighted by Crippen LogP contribution is 2.23. The van der Waals surface area contributed by atoms with Crippen molar-refractivity contribution in [2.45, 2.75) is 44.1 Å². The van der Waals surface area contributed by atoms with Crippen molar-refractivity contribution in [1.82, 2.24) is 0 Å². The van der Waals surface area contributed by atoms with Crippen LogP contribution in [0.3, 0.4) is 0 Å². The van der Waals surface area contributed by atoms with Crippen LogP contribution < -0.4 is 5.73 Å². The van der Waals surface area contributed by atoms with Crippen molar-refractivity contribution in [3.63, 3.8) is 0 Å². The minimum absolute atomic E-state index is 0.0653. The topological polar surface area (TPSA) is 60.2 Å². The average Bonchev–Trinajstić information content (AvgIpc) is 2.26. The summed E-state index contributed by atoms with van der Waals surface area (Å²) in [6.45, 7) is 8.22. The largest absolute Gasteiger partial charge is 0.329 e. The molecule has 1 atom stereocenters. The van der Waals surface area contributed by atoms with Gasteiger partial charge >= 0.3 is 0 Å². The molecule has 102 valence electrons. The first-order valence-electron chi connectivity index (χ1n) is 6.18. The third-order valence-corrected chi connectivity index (χ3v) is 5.29. The predicted octanol–water partition coefficient (Wildman–Crippen LogP) is 2.25. The van der Waals surface area contributed by atoms with Gasteiger partial charge in [0.25, 0.3) is 0 Å². The Balaban J connectivity index is 2.89. The quantitative estimate of drug-likeness (QED) is 0.912. The van der Waals surface area contributed by atoms with E-state index in [1.165, 1.54) is 5.56 Å². The molecule has 0 aromatic heterocycles. The standard InChI is InChI=1S/C14H23NO2S/c1-11(9-15)18(16,17)10-12-5-7-13(8-6-12)14(2,3)4/h5-8,11H,9-10,15H2,1-4H3. The summed E-state index contributed by atoms with van der Waals surface area (Å²) in [6.07, 6.45) is 0. The molecule has 0 bridgehead atoms. The van der Waals surface area contributed by atoms with Crippen molar-refractivity contribution < 1.29 is 8.42 Å². The van der Waals surface area contributed by atoms with Gasteiger partial charge in [-0.25, -0.2) is 8.42 Å². The SMILES string of the molecule is CC(CN)S(=O)(=O)Cc1ccc(C(C)(C)C)cc1. The Bertz CT molecular complexity index is 484. The van der Waals surface area contributed by atoms with Gasteiger partial charge in [0.05, 0.1) is 11.0 Å². The van der Waals surface area contributed by atoms with Gasteiger partial charge in [0, 0.05) is 6.54 Å². The van der Waals surface area contributed by atoms with E-state index in [2.05, 4.69) is 20.8 Å². The maximum absolute atomic E-state index is 11.9. The second kappa shape index (κ2) is 5.41. The minimum Gasteiger partial charge on any atom is -0.329 e. The van der Waals surface area contributed by atoms with Crippen LogP contribution in [0.5, 0.6) is 0 Å². The van der Waals surface area contributed by atoms with E-state index in [1.54, 1.807) is 6.92 Å². The van der Waals surface area contributed by atoms with Gasteiger partial charge in [-0.3, -0.25) is 0 Å². The predicted molar refractivity (Wildman–Crippen MR) is 76.3 cm³/mol. The van der Waals surface area contributed by atoms with E-state index in [4.69, 9.17) is 5.73 Å². The highest BCUT2D eigenvalue weighted by atomic mass is 32.2. The lowest BCUT2D eigenvalue weighted by molar-refractivity contribution is 0.583. The first-order chi connectivity index (χ1) is 8.16. The molecule has 0 saturated carbocycles. The number of hydrogen-bond donors (Lipinski definition) is 1. The molecule has 2 N–H and O–H groups in total. The fourth-order valence-corrected chi connectivity index (χ4v) is 2.86. The van der Waals surface area contributed by atoms with Crippen molar-refractivity contribution >= 4 is 9.84 Å². The van der Waals surface area contributed by atoms with Crippen LogP contribution in [0.15, 0.2) is 24.3 Å². The van der Waals surface area contributed by atoms with Crippen LogP contribution in [0, 0.1) is 0 Å². The van der Waals surface area contributed by atoms with Crippen LogP contribution in [-0.4, -0.2) is 20.2 Å². The van der Waals surface area contributed by atoms with Crippen LogP contribution >= 0.6 is 0 Å². The van der Waals surface area contributed by atoms with Gasteiger partial charge in [-0.05, 0) is 23.5 Å². The van der Waals surface area contributed by atoms with E-state index >= 15 is 0 Å². The van der Waals surface area contributed by atoms with E-state index in [0.717, 1.165) is 5.56 Å². The zero-order chi connectivity index (χ0) is 14.0. The summed E-state index contributed by atoms with van der Waals surface area (Å²) < 4.78 is 23.9. The molecule has 0 amide bonds. The van der Waals surface area contributed by atoms with Gasteiger partial charge < -0.3 is 5.73 Å². The Morgan fingerprint density at radius 3 is 2.06 bits per heavy atom. The summed E-state index contributed by atoms with van der Waals surface area (Å²) in [7, 11) is -3.14. The summed E-state index contributed by atoms with van der Waals surface area (Å²) in [5.74, 6) is 0.0653. The van der Waals surface area contributed by atoms with Gasteiger partial charge in [0.1, 0.15) is 0 Å². The molecule has 4 heteroatoms. The van der Waals surface area contributed by atoms with Crippen LogP contribution in [0.1, 0.15) is 38.8 Å². The summed E-state index contributed by atoms with van der Waals surface area (Å²) in [4.78, 5) is 0. The lowest BCUT2D eigenvalue weighted by Gasteiger charge is -2.19. The molecule has 3 nitrogen and oxygen atoms in total. The molecule has 0 fully saturated rings. The smallest absolute Gasteiger partial charge is 0.158 e. The van der Waals surface area contributed by atoms with Crippen LogP contribution in [-0.2, 0) is 21.0 Å². The van der Waals surface area contributed by atoms with Crippen molar-refractivity contribution in [2.75, 3.05) is 6.54 Å². The molecule has 18 heavy (non-hydrogen) atoms. The lowest BCUT2D eigenvalue weighted by atomic mass is 9.87. The van der Waals surface area contributed by atoms with Crippen LogP contribution in [0.4, 0.5) is 0 Å². The molecule has 1 unspecified atom stereocenters. The third kappa shape index (κ3) is 3.82. The monoisotopic (exact) mass is 269 g/mol. The molecule has 0 radical (unpaired) electrons. The van der Waals surface area contributed by atoms with Crippen molar-refractivity contribution in [2.24, 2.45) is 5.73 Å². The van der Waals surface area contributed by atoms with Crippen molar-refractivity contribution in [3.05, 3.63) is 35.4 Å². The first-order valence-corrected chi connectivity index (χ1v) is 7.89. The van der Waals surface area contributed by atoms with Gasteiger partial charge in [-0.1, -0.05) is 45.0 Å². The Hall–Kier alpha value is -0.870. The minimum atomic E-state index is -3.14. The van der Waals surface area contributed by atoms with Gasteiger partial charge in [0.2, 0.25) is 0 Å². The summed E-state index contributed by atoms with van der Waals surface area (Å²) in [6, 6.07) is 7.78. The van der Waals surface area contributed by atoms with E-state index < -0.39 is 15.1 Å². The zero-order valence-corrected chi connectivity index (χ0v) is 12.4. The zero-order valence-electron chi connectivity index (χ0n) is 11.6. The van der Waals surface area contributed by atoms with Gasteiger partial charge in [0.15, 0.2) is 9.84 Å². The summed E-state index contributed by atoms with van der Waals surface area (Å²) >= 11 is 0. The fraction of sp³-hybridized carbons (Fsp3) is 0.571. The molecular formula is C14H23NO2S. The molecule has 0 spiro atoms. The molecule has 0 heterocycles. The highest BCUT2D eigenvalue weighted by Gasteiger charge is 2.20. The van der Waals surface area contributed by atoms with Crippen LogP contribution in [0.25, 0.3) is 0 Å². The second-order valence-corrected chi connectivity index (χ2v) is 8.22. The third-order valence-electron chi connectivity index (χ3n) is 3.13. The Morgan fingerprint density at radius 2 is 1.67 bits per heavy atom. The van der Waals surface area contributed by atoms with E-state index in [-0.39, 0.29) is 17.7 Å². The number of hydrogen-bond acceptors (Lipinski definition) is 3. The Morgan fingerprint density at radius 1 is 1.17 bits per heavy atom. The molecule has 1 aromatic rings. The summed E-state index contributed by atoms with van der Waals surface area (Å²) in [5.41, 5.74) is 7.53. The lowest BCUT2D eigenvalue weighted by Crippen LogP contribution is -2.27. The maximum Gasteiger partial charge on any atom is 0.158 e. The molecular weight excluding hydrogens is 246 g/mol. The normalized spacial score (nSPS) is 14.5. The second-order valence-electron chi connectivity index (χ2n) is 5.80. The molecule has 0 saturated heterocycles. The van der Waals surface area contributed by atoms with Crippen molar-refractivity contribution in [3.8, 4) is 0 Å². The van der Waals surface area contributed by atoms with E-state index in [9.17, 15) is 8.42 Å². The van der Waals surface area contributed by atoms with Gasteiger partial charge in [-0.15, -0.1) is 0 Å². The Kier molecular flexibility index (Phi) is 4.56.